The lowest BCUT2D eigenvalue weighted by molar-refractivity contribution is 0.664. The summed E-state index contributed by atoms with van der Waals surface area (Å²) in [7, 11) is 3.90. The molecule has 1 aliphatic rings. The summed E-state index contributed by atoms with van der Waals surface area (Å²) < 4.78 is 0. The second kappa shape index (κ2) is 5.99. The first-order chi connectivity index (χ1) is 9.06. The van der Waals surface area contributed by atoms with Crippen LogP contribution in [0.15, 0.2) is 12.2 Å². The molecule has 0 fully saturated rings. The van der Waals surface area contributed by atoms with Gasteiger partial charge in [-0.05, 0) is 19.3 Å². The van der Waals surface area contributed by atoms with Gasteiger partial charge < -0.3 is 10.2 Å². The molecule has 0 aliphatic heterocycles. The first-order valence-corrected chi connectivity index (χ1v) is 6.92. The first kappa shape index (κ1) is 13.8. The summed E-state index contributed by atoms with van der Waals surface area (Å²) in [6, 6.07) is 0.339. The van der Waals surface area contributed by atoms with Gasteiger partial charge in [0, 0.05) is 26.1 Å². The van der Waals surface area contributed by atoms with E-state index < -0.39 is 0 Å². The van der Waals surface area contributed by atoms with E-state index in [1.807, 2.05) is 19.0 Å². The van der Waals surface area contributed by atoms with Crippen LogP contribution in [-0.4, -0.2) is 35.1 Å². The fourth-order valence-electron chi connectivity index (χ4n) is 2.00. The number of hydrogen-bond donors (Lipinski definition) is 1. The lowest BCUT2D eigenvalue weighted by Gasteiger charge is -2.20. The van der Waals surface area contributed by atoms with Crippen LogP contribution in [0.1, 0.15) is 44.9 Å². The Balaban J connectivity index is 2.23. The standard InChI is InChI=1S/C14H23N5/c1-10(2)12-16-13(18-14(17-12)19(3)4)15-11-8-6-5-7-9-11/h6,8,10-11H,5,7,9H2,1-4H3,(H,15,16,17,18). The molecule has 0 amide bonds. The number of hydrogen-bond acceptors (Lipinski definition) is 5. The number of allylic oxidation sites excluding steroid dienone is 1. The highest BCUT2D eigenvalue weighted by atomic mass is 15.3. The Labute approximate surface area is 115 Å². The number of aromatic nitrogens is 3. The third kappa shape index (κ3) is 3.66. The van der Waals surface area contributed by atoms with Crippen LogP contribution >= 0.6 is 0 Å². The van der Waals surface area contributed by atoms with Gasteiger partial charge in [-0.1, -0.05) is 26.0 Å². The predicted octanol–water partition coefficient (Wildman–Crippen LogP) is 2.58. The number of rotatable bonds is 4. The van der Waals surface area contributed by atoms with E-state index in [0.29, 0.717) is 23.9 Å². The Hall–Kier alpha value is -1.65. The van der Waals surface area contributed by atoms with Crippen molar-refractivity contribution in [3.63, 3.8) is 0 Å². The van der Waals surface area contributed by atoms with Gasteiger partial charge in [0.2, 0.25) is 11.9 Å². The van der Waals surface area contributed by atoms with Crippen LogP contribution in [-0.2, 0) is 0 Å². The molecule has 0 saturated carbocycles. The molecule has 104 valence electrons. The molecular weight excluding hydrogens is 238 g/mol. The summed E-state index contributed by atoms with van der Waals surface area (Å²) in [5.41, 5.74) is 0. The van der Waals surface area contributed by atoms with Crippen molar-refractivity contribution in [1.82, 2.24) is 15.0 Å². The second-order valence-electron chi connectivity index (χ2n) is 5.48. The van der Waals surface area contributed by atoms with Gasteiger partial charge in [0.25, 0.3) is 0 Å². The van der Waals surface area contributed by atoms with Gasteiger partial charge in [0.1, 0.15) is 5.82 Å². The monoisotopic (exact) mass is 261 g/mol. The third-order valence-electron chi connectivity index (χ3n) is 3.13. The van der Waals surface area contributed by atoms with Crippen LogP contribution in [0, 0.1) is 0 Å². The van der Waals surface area contributed by atoms with Gasteiger partial charge in [-0.25, -0.2) is 0 Å². The molecule has 1 heterocycles. The van der Waals surface area contributed by atoms with Crippen molar-refractivity contribution in [1.29, 1.82) is 0 Å². The van der Waals surface area contributed by atoms with E-state index in [2.05, 4.69) is 46.3 Å². The first-order valence-electron chi connectivity index (χ1n) is 6.92. The molecule has 5 nitrogen and oxygen atoms in total. The van der Waals surface area contributed by atoms with Crippen molar-refractivity contribution in [3.05, 3.63) is 18.0 Å². The van der Waals surface area contributed by atoms with Crippen LogP contribution in [0.5, 0.6) is 0 Å². The van der Waals surface area contributed by atoms with Crippen LogP contribution in [0.3, 0.4) is 0 Å². The van der Waals surface area contributed by atoms with Crippen LogP contribution in [0.2, 0.25) is 0 Å². The summed E-state index contributed by atoms with van der Waals surface area (Å²) in [6.45, 7) is 4.19. The Bertz CT molecular complexity index is 427. The normalized spacial score (nSPS) is 18.7. The SMILES string of the molecule is CC(C)c1nc(NC2C=CCCC2)nc(N(C)C)n1. The Morgan fingerprint density at radius 3 is 2.63 bits per heavy atom. The molecule has 1 aromatic rings. The molecule has 1 atom stereocenters. The molecule has 1 aliphatic carbocycles. The average Bonchev–Trinajstić information content (AvgIpc) is 2.39. The van der Waals surface area contributed by atoms with Crippen molar-refractivity contribution < 1.29 is 0 Å². The van der Waals surface area contributed by atoms with Crippen LogP contribution in [0.4, 0.5) is 11.9 Å². The predicted molar refractivity (Wildman–Crippen MR) is 78.6 cm³/mol. The van der Waals surface area contributed by atoms with Gasteiger partial charge in [0.15, 0.2) is 0 Å². The zero-order chi connectivity index (χ0) is 13.8. The van der Waals surface area contributed by atoms with Gasteiger partial charge in [-0.15, -0.1) is 0 Å². The van der Waals surface area contributed by atoms with Crippen LogP contribution < -0.4 is 10.2 Å². The molecule has 19 heavy (non-hydrogen) atoms. The largest absolute Gasteiger partial charge is 0.348 e. The van der Waals surface area contributed by atoms with Gasteiger partial charge in [-0.3, -0.25) is 0 Å². The van der Waals surface area contributed by atoms with Gasteiger partial charge >= 0.3 is 0 Å². The maximum atomic E-state index is 4.52. The second-order valence-corrected chi connectivity index (χ2v) is 5.48. The summed E-state index contributed by atoms with van der Waals surface area (Å²) in [5.74, 6) is 2.52. The molecule has 0 saturated heterocycles. The molecule has 0 radical (unpaired) electrons. The van der Waals surface area contributed by atoms with Crippen molar-refractivity contribution in [3.8, 4) is 0 Å². The van der Waals surface area contributed by atoms with E-state index in [-0.39, 0.29) is 0 Å². The zero-order valence-corrected chi connectivity index (χ0v) is 12.2. The lowest BCUT2D eigenvalue weighted by atomic mass is 10.0. The van der Waals surface area contributed by atoms with Gasteiger partial charge in [-0.2, -0.15) is 15.0 Å². The van der Waals surface area contributed by atoms with Crippen molar-refractivity contribution in [2.24, 2.45) is 0 Å². The summed E-state index contributed by atoms with van der Waals surface area (Å²) in [6.07, 6.45) is 7.96. The van der Waals surface area contributed by atoms with E-state index in [0.717, 1.165) is 12.2 Å². The van der Waals surface area contributed by atoms with E-state index >= 15 is 0 Å². The molecule has 0 bridgehead atoms. The van der Waals surface area contributed by atoms with E-state index in [9.17, 15) is 0 Å². The van der Waals surface area contributed by atoms with Gasteiger partial charge in [0.05, 0.1) is 0 Å². The van der Waals surface area contributed by atoms with E-state index in [1.54, 1.807) is 0 Å². The molecule has 5 heteroatoms. The minimum absolute atomic E-state index is 0.296. The number of nitrogens with zero attached hydrogens (tertiary/aromatic N) is 4. The van der Waals surface area contributed by atoms with Crippen molar-refractivity contribution in [2.75, 3.05) is 24.3 Å². The van der Waals surface area contributed by atoms with E-state index in [4.69, 9.17) is 0 Å². The molecular formula is C14H23N5. The summed E-state index contributed by atoms with van der Waals surface area (Å²) in [5, 5.41) is 3.40. The summed E-state index contributed by atoms with van der Waals surface area (Å²) in [4.78, 5) is 15.4. The average molecular weight is 261 g/mol. The molecule has 2 rings (SSSR count). The highest BCUT2D eigenvalue weighted by Gasteiger charge is 2.14. The molecule has 0 spiro atoms. The molecule has 1 N–H and O–H groups in total. The number of nitrogens with one attached hydrogen (secondary N) is 1. The molecule has 0 aromatic carbocycles. The molecule has 1 unspecified atom stereocenters. The number of anilines is 2. The smallest absolute Gasteiger partial charge is 0.229 e. The highest BCUT2D eigenvalue weighted by molar-refractivity contribution is 5.37. The Kier molecular flexibility index (Phi) is 4.35. The maximum Gasteiger partial charge on any atom is 0.229 e. The minimum Gasteiger partial charge on any atom is -0.348 e. The quantitative estimate of drug-likeness (QED) is 0.844. The molecule has 1 aromatic heterocycles. The topological polar surface area (TPSA) is 53.9 Å². The van der Waals surface area contributed by atoms with Crippen LogP contribution in [0.25, 0.3) is 0 Å². The fourth-order valence-corrected chi connectivity index (χ4v) is 2.00. The van der Waals surface area contributed by atoms with E-state index in [1.165, 1.54) is 12.8 Å². The Morgan fingerprint density at radius 1 is 1.26 bits per heavy atom. The Morgan fingerprint density at radius 2 is 2.05 bits per heavy atom. The van der Waals surface area contributed by atoms with Crippen molar-refractivity contribution >= 4 is 11.9 Å². The maximum absolute atomic E-state index is 4.52. The third-order valence-corrected chi connectivity index (χ3v) is 3.13. The lowest BCUT2D eigenvalue weighted by Crippen LogP contribution is -2.23. The minimum atomic E-state index is 0.296. The fraction of sp³-hybridized carbons (Fsp3) is 0.643. The zero-order valence-electron chi connectivity index (χ0n) is 12.2. The van der Waals surface area contributed by atoms with Crippen molar-refractivity contribution in [2.45, 2.75) is 45.1 Å². The summed E-state index contributed by atoms with van der Waals surface area (Å²) >= 11 is 0. The highest BCUT2D eigenvalue weighted by Crippen LogP contribution is 2.18.